The molecule has 1 aromatic heterocycles. The van der Waals surface area contributed by atoms with Gasteiger partial charge in [-0.2, -0.15) is 30.7 Å². The van der Waals surface area contributed by atoms with Gasteiger partial charge >= 0.3 is 20.2 Å². The van der Waals surface area contributed by atoms with Gasteiger partial charge in [-0.15, -0.1) is 9.19 Å². The number of nitrogens with zero attached hydrogens (tertiary/aromatic N) is 6. The Morgan fingerprint density at radius 1 is 1.11 bits per heavy atom. The Labute approximate surface area is 164 Å². The van der Waals surface area contributed by atoms with Gasteiger partial charge in [0.2, 0.25) is 0 Å². The SMILES string of the molecule is CC(C)Oc1ccc(/C=N/N(C)S(=O)(=O)c2ncn(S(=O)(=O)N(C)C)n2)cc1. The van der Waals surface area contributed by atoms with Gasteiger partial charge in [-0.25, -0.2) is 4.98 Å². The summed E-state index contributed by atoms with van der Waals surface area (Å²) in [5, 5.41) is 6.73. The molecule has 0 N–H and O–H groups in total. The van der Waals surface area contributed by atoms with E-state index in [0.29, 0.717) is 19.8 Å². The van der Waals surface area contributed by atoms with Gasteiger partial charge in [0, 0.05) is 21.1 Å². The summed E-state index contributed by atoms with van der Waals surface area (Å²) in [7, 11) is -4.40. The van der Waals surface area contributed by atoms with Gasteiger partial charge in [0.1, 0.15) is 12.1 Å². The predicted octanol–water partition coefficient (Wildman–Crippen LogP) is 0.374. The van der Waals surface area contributed by atoms with Crippen LogP contribution in [0.25, 0.3) is 0 Å². The molecular weight excluding hydrogens is 408 g/mol. The molecule has 0 spiro atoms. The van der Waals surface area contributed by atoms with Crippen molar-refractivity contribution in [1.29, 1.82) is 0 Å². The standard InChI is InChI=1S/C15H22N6O5S2/c1-12(2)26-14-8-6-13(7-9-14)10-17-20(5)27(22,23)15-16-11-21(18-15)28(24,25)19(3)4/h6-12H,1-5H3/b17-10+. The van der Waals surface area contributed by atoms with Crippen LogP contribution in [0.5, 0.6) is 5.75 Å². The molecule has 1 heterocycles. The summed E-state index contributed by atoms with van der Waals surface area (Å²) in [5.74, 6) is 0.685. The summed E-state index contributed by atoms with van der Waals surface area (Å²) in [4.78, 5) is 3.58. The molecule has 0 fully saturated rings. The van der Waals surface area contributed by atoms with E-state index in [0.717, 1.165) is 10.6 Å². The van der Waals surface area contributed by atoms with Crippen LogP contribution >= 0.6 is 0 Å². The minimum absolute atomic E-state index is 0.0411. The number of rotatable bonds is 8. The van der Waals surface area contributed by atoms with Gasteiger partial charge in [-0.1, -0.05) is 0 Å². The zero-order valence-corrected chi connectivity index (χ0v) is 17.7. The lowest BCUT2D eigenvalue weighted by molar-refractivity contribution is 0.242. The molecule has 0 atom stereocenters. The van der Waals surface area contributed by atoms with Crippen LogP contribution in [0.1, 0.15) is 19.4 Å². The van der Waals surface area contributed by atoms with Crippen molar-refractivity contribution in [2.45, 2.75) is 25.1 Å². The highest BCUT2D eigenvalue weighted by molar-refractivity contribution is 7.89. The fraction of sp³-hybridized carbons (Fsp3) is 0.400. The van der Waals surface area contributed by atoms with Gasteiger partial charge in [0.25, 0.3) is 5.16 Å². The van der Waals surface area contributed by atoms with Crippen LogP contribution in [0.15, 0.2) is 40.9 Å². The van der Waals surface area contributed by atoms with Gasteiger partial charge < -0.3 is 4.74 Å². The third-order valence-corrected chi connectivity index (χ3v) is 6.36. The minimum Gasteiger partial charge on any atom is -0.491 e. The maximum absolute atomic E-state index is 12.5. The number of aromatic nitrogens is 3. The van der Waals surface area contributed by atoms with Crippen molar-refractivity contribution in [2.24, 2.45) is 5.10 Å². The normalized spacial score (nSPS) is 12.8. The molecule has 0 aliphatic rings. The number of ether oxygens (including phenoxy) is 1. The van der Waals surface area contributed by atoms with Crippen molar-refractivity contribution in [2.75, 3.05) is 21.1 Å². The Morgan fingerprint density at radius 3 is 2.25 bits per heavy atom. The Hall–Kier alpha value is -2.51. The van der Waals surface area contributed by atoms with Gasteiger partial charge in [-0.3, -0.25) is 0 Å². The molecule has 0 radical (unpaired) electrons. The van der Waals surface area contributed by atoms with E-state index in [9.17, 15) is 16.8 Å². The van der Waals surface area contributed by atoms with Gasteiger partial charge in [0.15, 0.2) is 0 Å². The Bertz CT molecular complexity index is 1040. The lowest BCUT2D eigenvalue weighted by atomic mass is 10.2. The number of hydrogen-bond acceptors (Lipinski definition) is 8. The Kier molecular flexibility index (Phi) is 6.41. The highest BCUT2D eigenvalue weighted by atomic mass is 32.2. The van der Waals surface area contributed by atoms with Crippen molar-refractivity contribution in [3.63, 3.8) is 0 Å². The molecule has 0 unspecified atom stereocenters. The molecule has 0 saturated heterocycles. The first-order valence-electron chi connectivity index (χ1n) is 8.09. The zero-order valence-electron chi connectivity index (χ0n) is 16.1. The molecule has 154 valence electrons. The summed E-state index contributed by atoms with van der Waals surface area (Å²) in [6, 6.07) is 6.92. The van der Waals surface area contributed by atoms with Gasteiger partial charge in [0.05, 0.1) is 12.3 Å². The summed E-state index contributed by atoms with van der Waals surface area (Å²) < 4.78 is 56.5. The molecule has 0 aliphatic carbocycles. The van der Waals surface area contributed by atoms with E-state index < -0.39 is 25.4 Å². The van der Waals surface area contributed by atoms with E-state index in [4.69, 9.17) is 4.74 Å². The number of sulfonamides is 1. The molecule has 2 rings (SSSR count). The van der Waals surface area contributed by atoms with Crippen LogP contribution in [-0.2, 0) is 20.2 Å². The first kappa shape index (κ1) is 21.8. The average Bonchev–Trinajstić information content (AvgIpc) is 3.12. The van der Waals surface area contributed by atoms with Crippen LogP contribution in [0.3, 0.4) is 0 Å². The molecule has 28 heavy (non-hydrogen) atoms. The molecular formula is C15H22N6O5S2. The first-order valence-corrected chi connectivity index (χ1v) is 10.9. The second-order valence-corrected chi connectivity index (χ2v) is 9.95. The lowest BCUT2D eigenvalue weighted by Crippen LogP contribution is -2.30. The highest BCUT2D eigenvalue weighted by Crippen LogP contribution is 2.14. The number of hydrazone groups is 1. The maximum atomic E-state index is 12.5. The van der Waals surface area contributed by atoms with E-state index in [1.807, 2.05) is 13.8 Å². The third-order valence-electron chi connectivity index (χ3n) is 3.35. The molecule has 0 saturated carbocycles. The maximum Gasteiger partial charge on any atom is 0.323 e. The minimum atomic E-state index is -4.21. The smallest absolute Gasteiger partial charge is 0.323 e. The lowest BCUT2D eigenvalue weighted by Gasteiger charge is -2.11. The number of benzene rings is 1. The van der Waals surface area contributed by atoms with E-state index in [2.05, 4.69) is 15.2 Å². The van der Waals surface area contributed by atoms with E-state index in [1.54, 1.807) is 24.3 Å². The fourth-order valence-corrected chi connectivity index (χ4v) is 3.38. The van der Waals surface area contributed by atoms with Crippen molar-refractivity contribution in [3.05, 3.63) is 36.2 Å². The van der Waals surface area contributed by atoms with Crippen molar-refractivity contribution >= 4 is 26.4 Å². The predicted molar refractivity (Wildman–Crippen MR) is 103 cm³/mol. The summed E-state index contributed by atoms with van der Waals surface area (Å²) in [6.07, 6.45) is 2.19. The van der Waals surface area contributed by atoms with Crippen molar-refractivity contribution in [3.8, 4) is 5.75 Å². The quantitative estimate of drug-likeness (QED) is 0.437. The van der Waals surface area contributed by atoms with Crippen LogP contribution in [0.2, 0.25) is 0 Å². The van der Waals surface area contributed by atoms with Crippen LogP contribution in [0.4, 0.5) is 0 Å². The molecule has 0 aliphatic heterocycles. The molecule has 2 aromatic rings. The highest BCUT2D eigenvalue weighted by Gasteiger charge is 2.27. The summed E-state index contributed by atoms with van der Waals surface area (Å²) in [5.41, 5.74) is 0.645. The van der Waals surface area contributed by atoms with Crippen LogP contribution in [0, 0.1) is 0 Å². The largest absolute Gasteiger partial charge is 0.491 e. The molecule has 1 aromatic carbocycles. The molecule has 11 nitrogen and oxygen atoms in total. The first-order chi connectivity index (χ1) is 12.9. The fourth-order valence-electron chi connectivity index (χ4n) is 1.86. The molecule has 0 amide bonds. The van der Waals surface area contributed by atoms with E-state index >= 15 is 0 Å². The Morgan fingerprint density at radius 2 is 1.71 bits per heavy atom. The van der Waals surface area contributed by atoms with Gasteiger partial charge in [-0.05, 0) is 43.7 Å². The molecule has 0 bridgehead atoms. The number of hydrogen-bond donors (Lipinski definition) is 0. The average molecular weight is 431 g/mol. The Balaban J connectivity index is 2.18. The second kappa shape index (κ2) is 8.24. The van der Waals surface area contributed by atoms with E-state index in [-0.39, 0.29) is 6.10 Å². The van der Waals surface area contributed by atoms with Crippen LogP contribution < -0.4 is 4.74 Å². The topological polar surface area (TPSA) is 127 Å². The molecule has 13 heteroatoms. The van der Waals surface area contributed by atoms with E-state index in [1.165, 1.54) is 27.4 Å². The summed E-state index contributed by atoms with van der Waals surface area (Å²) >= 11 is 0. The second-order valence-electron chi connectivity index (χ2n) is 6.11. The van der Waals surface area contributed by atoms with Crippen molar-refractivity contribution in [1.82, 2.24) is 22.9 Å². The van der Waals surface area contributed by atoms with Crippen LogP contribution in [-0.4, -0.2) is 73.2 Å². The third kappa shape index (κ3) is 4.85. The zero-order chi connectivity index (χ0) is 21.1. The van der Waals surface area contributed by atoms with Crippen molar-refractivity contribution < 1.29 is 21.6 Å². The summed E-state index contributed by atoms with van der Waals surface area (Å²) in [6.45, 7) is 3.82. The monoisotopic (exact) mass is 430 g/mol.